The molecule has 3 N–H and O–H groups in total. The second kappa shape index (κ2) is 7.43. The number of rotatable bonds is 4. The van der Waals surface area contributed by atoms with Crippen molar-refractivity contribution in [2.24, 2.45) is 0 Å². The quantitative estimate of drug-likeness (QED) is 0.451. The van der Waals surface area contributed by atoms with E-state index in [-0.39, 0.29) is 23.0 Å². The Morgan fingerprint density at radius 3 is 2.65 bits per heavy atom. The Hall–Kier alpha value is -2.84. The van der Waals surface area contributed by atoms with E-state index in [2.05, 4.69) is 10.6 Å². The molecule has 8 heteroatoms. The predicted octanol–water partition coefficient (Wildman–Crippen LogP) is 2.21. The third-order valence-electron chi connectivity index (χ3n) is 2.91. The first-order valence-corrected chi connectivity index (χ1v) is 6.97. The van der Waals surface area contributed by atoms with Gasteiger partial charge in [-0.3, -0.25) is 20.2 Å². The Labute approximate surface area is 137 Å². The summed E-state index contributed by atoms with van der Waals surface area (Å²) in [6.07, 6.45) is 0. The molecule has 0 spiro atoms. The first-order valence-electron chi connectivity index (χ1n) is 6.56. The first-order chi connectivity index (χ1) is 11.0. The van der Waals surface area contributed by atoms with Crippen molar-refractivity contribution < 1.29 is 14.8 Å². The van der Waals surface area contributed by atoms with E-state index in [1.807, 2.05) is 0 Å². The van der Waals surface area contributed by atoms with E-state index in [0.717, 1.165) is 0 Å². The number of carbonyl (C=O) groups excluding carboxylic acids is 1. The molecule has 23 heavy (non-hydrogen) atoms. The molecule has 2 rings (SSSR count). The second-order valence-corrected chi connectivity index (χ2v) is 4.98. The lowest BCUT2D eigenvalue weighted by molar-refractivity contribution is -0.384. The summed E-state index contributed by atoms with van der Waals surface area (Å²) in [6.45, 7) is -0.109. The average Bonchev–Trinajstić information content (AvgIpc) is 2.55. The van der Waals surface area contributed by atoms with Crippen molar-refractivity contribution in [3.05, 3.63) is 69.8 Å². The lowest BCUT2D eigenvalue weighted by Gasteiger charge is -2.10. The fourth-order valence-electron chi connectivity index (χ4n) is 1.85. The minimum Gasteiger partial charge on any atom is -0.392 e. The van der Waals surface area contributed by atoms with E-state index in [0.29, 0.717) is 11.3 Å². The fraction of sp³-hybridized carbons (Fsp3) is 0.0667. The number of anilines is 1. The van der Waals surface area contributed by atoms with Crippen LogP contribution in [-0.2, 0) is 6.61 Å². The zero-order chi connectivity index (χ0) is 16.8. The molecule has 0 heterocycles. The summed E-state index contributed by atoms with van der Waals surface area (Å²) in [4.78, 5) is 22.2. The van der Waals surface area contributed by atoms with Crippen LogP contribution in [0.25, 0.3) is 0 Å². The van der Waals surface area contributed by atoms with Gasteiger partial charge in [0.05, 0.1) is 11.5 Å². The number of aliphatic hydroxyl groups excluding tert-OH is 1. The molecule has 0 aliphatic carbocycles. The normalized spacial score (nSPS) is 9.96. The highest BCUT2D eigenvalue weighted by Crippen LogP contribution is 2.13. The molecule has 0 aliphatic rings. The summed E-state index contributed by atoms with van der Waals surface area (Å²) >= 11 is 5.04. The molecular formula is C15H13N3O4S. The summed E-state index contributed by atoms with van der Waals surface area (Å²) in [5.74, 6) is -0.551. The third-order valence-corrected chi connectivity index (χ3v) is 3.12. The number of thiocarbonyl (C=S) groups is 1. The largest absolute Gasteiger partial charge is 0.392 e. The van der Waals surface area contributed by atoms with Gasteiger partial charge in [-0.15, -0.1) is 0 Å². The molecule has 2 aromatic rings. The second-order valence-electron chi connectivity index (χ2n) is 4.57. The maximum absolute atomic E-state index is 12.0. The Kier molecular flexibility index (Phi) is 5.34. The van der Waals surface area contributed by atoms with Crippen LogP contribution >= 0.6 is 12.2 Å². The van der Waals surface area contributed by atoms with Gasteiger partial charge in [0.15, 0.2) is 5.11 Å². The number of hydrogen-bond acceptors (Lipinski definition) is 5. The van der Waals surface area contributed by atoms with E-state index in [1.165, 1.54) is 24.3 Å². The number of nitro groups is 1. The van der Waals surface area contributed by atoms with E-state index in [4.69, 9.17) is 17.3 Å². The minimum atomic E-state index is -0.576. The van der Waals surface area contributed by atoms with Gasteiger partial charge in [0.1, 0.15) is 0 Å². The highest BCUT2D eigenvalue weighted by molar-refractivity contribution is 7.80. The SMILES string of the molecule is O=C(NC(=S)Nc1cccc(CO)c1)c1cccc([N+](=O)[O-])c1. The smallest absolute Gasteiger partial charge is 0.270 e. The molecule has 0 aromatic heterocycles. The topological polar surface area (TPSA) is 104 Å². The van der Waals surface area contributed by atoms with Crippen molar-refractivity contribution in [1.29, 1.82) is 0 Å². The van der Waals surface area contributed by atoms with E-state index < -0.39 is 10.8 Å². The lowest BCUT2D eigenvalue weighted by atomic mass is 10.2. The Bertz CT molecular complexity index is 764. The van der Waals surface area contributed by atoms with Gasteiger partial charge in [0.2, 0.25) is 0 Å². The van der Waals surface area contributed by atoms with Crippen LogP contribution in [0, 0.1) is 10.1 Å². The van der Waals surface area contributed by atoms with Crippen LogP contribution in [0.1, 0.15) is 15.9 Å². The molecule has 0 radical (unpaired) electrons. The molecule has 0 atom stereocenters. The molecular weight excluding hydrogens is 318 g/mol. The predicted molar refractivity (Wildman–Crippen MR) is 89.1 cm³/mol. The molecule has 7 nitrogen and oxygen atoms in total. The van der Waals surface area contributed by atoms with Crippen LogP contribution < -0.4 is 10.6 Å². The number of hydrogen-bond donors (Lipinski definition) is 3. The zero-order valence-corrected chi connectivity index (χ0v) is 12.7. The molecule has 0 bridgehead atoms. The molecule has 0 unspecified atom stereocenters. The number of amides is 1. The zero-order valence-electron chi connectivity index (χ0n) is 11.9. The minimum absolute atomic E-state index is 0.0524. The number of carbonyl (C=O) groups is 1. The van der Waals surface area contributed by atoms with E-state index in [1.54, 1.807) is 24.3 Å². The molecule has 0 saturated heterocycles. The molecule has 0 saturated carbocycles. The summed E-state index contributed by atoms with van der Waals surface area (Å²) in [6, 6.07) is 12.2. The summed E-state index contributed by atoms with van der Waals surface area (Å²) < 4.78 is 0. The van der Waals surface area contributed by atoms with Gasteiger partial charge >= 0.3 is 0 Å². The molecule has 0 aliphatic heterocycles. The Morgan fingerprint density at radius 1 is 1.22 bits per heavy atom. The first kappa shape index (κ1) is 16.5. The average molecular weight is 331 g/mol. The van der Waals surface area contributed by atoms with Crippen molar-refractivity contribution in [3.8, 4) is 0 Å². The number of nitro benzene ring substituents is 1. The third kappa shape index (κ3) is 4.56. The van der Waals surface area contributed by atoms with Crippen molar-refractivity contribution in [3.63, 3.8) is 0 Å². The van der Waals surface area contributed by atoms with Crippen LogP contribution in [0.5, 0.6) is 0 Å². The molecule has 1 amide bonds. The van der Waals surface area contributed by atoms with Gasteiger partial charge < -0.3 is 10.4 Å². The summed E-state index contributed by atoms with van der Waals surface area (Å²) in [5.41, 5.74) is 1.27. The maximum atomic E-state index is 12.0. The van der Waals surface area contributed by atoms with Gasteiger partial charge in [-0.05, 0) is 36.0 Å². The van der Waals surface area contributed by atoms with Crippen LogP contribution in [0.15, 0.2) is 48.5 Å². The highest BCUT2D eigenvalue weighted by atomic mass is 32.1. The van der Waals surface area contributed by atoms with Crippen molar-refractivity contribution in [2.45, 2.75) is 6.61 Å². The Balaban J connectivity index is 2.03. The van der Waals surface area contributed by atoms with Gasteiger partial charge in [0.25, 0.3) is 11.6 Å². The van der Waals surface area contributed by atoms with Crippen molar-refractivity contribution in [1.82, 2.24) is 5.32 Å². The molecule has 0 fully saturated rings. The van der Waals surface area contributed by atoms with Crippen LogP contribution in [0.2, 0.25) is 0 Å². The van der Waals surface area contributed by atoms with Gasteiger partial charge in [0, 0.05) is 23.4 Å². The number of non-ortho nitro benzene ring substituents is 1. The maximum Gasteiger partial charge on any atom is 0.270 e. The number of nitrogens with one attached hydrogen (secondary N) is 2. The number of nitrogens with zero attached hydrogens (tertiary/aromatic N) is 1. The number of aliphatic hydroxyl groups is 1. The van der Waals surface area contributed by atoms with Gasteiger partial charge in [-0.2, -0.15) is 0 Å². The van der Waals surface area contributed by atoms with Crippen LogP contribution in [0.4, 0.5) is 11.4 Å². The van der Waals surface area contributed by atoms with E-state index >= 15 is 0 Å². The summed E-state index contributed by atoms with van der Waals surface area (Å²) in [5, 5.41) is 25.1. The van der Waals surface area contributed by atoms with Crippen molar-refractivity contribution in [2.75, 3.05) is 5.32 Å². The monoisotopic (exact) mass is 331 g/mol. The highest BCUT2D eigenvalue weighted by Gasteiger charge is 2.12. The molecule has 2 aromatic carbocycles. The number of benzene rings is 2. The summed E-state index contributed by atoms with van der Waals surface area (Å²) in [7, 11) is 0. The lowest BCUT2D eigenvalue weighted by Crippen LogP contribution is -2.34. The fourth-order valence-corrected chi connectivity index (χ4v) is 2.06. The van der Waals surface area contributed by atoms with Crippen molar-refractivity contribution >= 4 is 34.6 Å². The molecule has 118 valence electrons. The standard InChI is InChI=1S/C15H13N3O4S/c19-9-10-3-1-5-12(7-10)16-15(23)17-14(20)11-4-2-6-13(8-11)18(21)22/h1-8,19H,9H2,(H2,16,17,20,23). The van der Waals surface area contributed by atoms with E-state index in [9.17, 15) is 14.9 Å². The van der Waals surface area contributed by atoms with Gasteiger partial charge in [-0.25, -0.2) is 0 Å². The Morgan fingerprint density at radius 2 is 1.96 bits per heavy atom. The van der Waals surface area contributed by atoms with Gasteiger partial charge in [-0.1, -0.05) is 18.2 Å². The van der Waals surface area contributed by atoms with Crippen LogP contribution in [-0.4, -0.2) is 21.0 Å². The van der Waals surface area contributed by atoms with Crippen LogP contribution in [0.3, 0.4) is 0 Å².